The molecule has 12 heavy (non-hydrogen) atoms. The summed E-state index contributed by atoms with van der Waals surface area (Å²) in [5.41, 5.74) is 0.708. The molecule has 0 aliphatic carbocycles. The molecule has 2 nitrogen and oxygen atoms in total. The number of nitrogens with one attached hydrogen (secondary N) is 1. The van der Waals surface area contributed by atoms with Crippen molar-refractivity contribution in [3.63, 3.8) is 0 Å². The molecule has 0 radical (unpaired) electrons. The summed E-state index contributed by atoms with van der Waals surface area (Å²) in [4.78, 5) is 0. The lowest BCUT2D eigenvalue weighted by Gasteiger charge is -2.06. The quantitative estimate of drug-likeness (QED) is 0.766. The lowest BCUT2D eigenvalue weighted by Crippen LogP contribution is -2.28. The molecule has 5 heteroatoms. The van der Waals surface area contributed by atoms with E-state index in [1.165, 1.54) is 12.5 Å². The molecule has 0 aliphatic heterocycles. The fourth-order valence-electron chi connectivity index (χ4n) is 0.742. The molecule has 0 fully saturated rings. The topological polar surface area (TPSA) is 25.2 Å². The van der Waals surface area contributed by atoms with E-state index in [-0.39, 0.29) is 6.54 Å². The third-order valence-corrected chi connectivity index (χ3v) is 1.23. The van der Waals surface area contributed by atoms with Gasteiger partial charge in [0.1, 0.15) is 0 Å². The Labute approximate surface area is 67.4 Å². The van der Waals surface area contributed by atoms with Crippen LogP contribution in [0.5, 0.6) is 0 Å². The lowest BCUT2D eigenvalue weighted by atomic mass is 10.3. The minimum absolute atomic E-state index is 0.177. The Kier molecular flexibility index (Phi) is 2.75. The first-order valence-corrected chi connectivity index (χ1v) is 3.36. The van der Waals surface area contributed by atoms with E-state index >= 15 is 0 Å². The van der Waals surface area contributed by atoms with Gasteiger partial charge in [-0.05, 0) is 6.07 Å². The van der Waals surface area contributed by atoms with Gasteiger partial charge in [-0.2, -0.15) is 13.2 Å². The molecular formula is C7H8F3NO. The highest BCUT2D eigenvalue weighted by atomic mass is 19.4. The third kappa shape index (κ3) is 3.43. The second-order valence-corrected chi connectivity index (χ2v) is 2.35. The summed E-state index contributed by atoms with van der Waals surface area (Å²) in [5, 5.41) is 2.24. The fourth-order valence-corrected chi connectivity index (χ4v) is 0.742. The molecule has 1 rings (SSSR count). The van der Waals surface area contributed by atoms with Crippen LogP contribution in [-0.4, -0.2) is 12.7 Å². The molecule has 0 spiro atoms. The molecule has 0 aromatic carbocycles. The van der Waals surface area contributed by atoms with E-state index in [4.69, 9.17) is 0 Å². The van der Waals surface area contributed by atoms with Gasteiger partial charge in [0.2, 0.25) is 0 Å². The molecule has 0 atom stereocenters. The van der Waals surface area contributed by atoms with Gasteiger partial charge in [0.05, 0.1) is 19.1 Å². The smallest absolute Gasteiger partial charge is 0.401 e. The molecule has 1 N–H and O–H groups in total. The zero-order valence-electron chi connectivity index (χ0n) is 6.19. The monoisotopic (exact) mass is 179 g/mol. The van der Waals surface area contributed by atoms with E-state index in [2.05, 4.69) is 9.73 Å². The Hall–Kier alpha value is -0.970. The Bertz CT molecular complexity index is 217. The van der Waals surface area contributed by atoms with Crippen molar-refractivity contribution in [1.29, 1.82) is 0 Å². The summed E-state index contributed by atoms with van der Waals surface area (Å²) in [6, 6.07) is 1.61. The van der Waals surface area contributed by atoms with Crippen molar-refractivity contribution in [3.8, 4) is 0 Å². The molecule has 1 aromatic rings. The third-order valence-electron chi connectivity index (χ3n) is 1.23. The zero-order valence-corrected chi connectivity index (χ0v) is 6.19. The van der Waals surface area contributed by atoms with Crippen LogP contribution < -0.4 is 5.32 Å². The highest BCUT2D eigenvalue weighted by molar-refractivity contribution is 5.04. The van der Waals surface area contributed by atoms with Crippen molar-refractivity contribution in [1.82, 2.24) is 5.32 Å². The van der Waals surface area contributed by atoms with Crippen molar-refractivity contribution < 1.29 is 17.6 Å². The second kappa shape index (κ2) is 3.62. The van der Waals surface area contributed by atoms with E-state index in [1.54, 1.807) is 6.07 Å². The molecule has 1 aromatic heterocycles. The number of hydrogen-bond acceptors (Lipinski definition) is 2. The maximum Gasteiger partial charge on any atom is 0.401 e. The molecular weight excluding hydrogens is 171 g/mol. The second-order valence-electron chi connectivity index (χ2n) is 2.35. The Morgan fingerprint density at radius 2 is 2.17 bits per heavy atom. The van der Waals surface area contributed by atoms with E-state index in [1.807, 2.05) is 0 Å². The maximum absolute atomic E-state index is 11.6. The van der Waals surface area contributed by atoms with Crippen molar-refractivity contribution in [2.24, 2.45) is 0 Å². The van der Waals surface area contributed by atoms with Crippen LogP contribution in [0.25, 0.3) is 0 Å². The predicted octanol–water partition coefficient (Wildman–Crippen LogP) is 1.93. The van der Waals surface area contributed by atoms with Crippen LogP contribution in [-0.2, 0) is 6.54 Å². The first-order chi connectivity index (χ1) is 5.58. The van der Waals surface area contributed by atoms with Gasteiger partial charge in [0.15, 0.2) is 0 Å². The van der Waals surface area contributed by atoms with Gasteiger partial charge in [0, 0.05) is 12.1 Å². The molecule has 0 unspecified atom stereocenters. The van der Waals surface area contributed by atoms with E-state index in [9.17, 15) is 13.2 Å². The molecule has 0 bridgehead atoms. The molecule has 0 saturated carbocycles. The van der Waals surface area contributed by atoms with Gasteiger partial charge in [-0.15, -0.1) is 0 Å². The Morgan fingerprint density at radius 1 is 1.42 bits per heavy atom. The lowest BCUT2D eigenvalue weighted by molar-refractivity contribution is -0.125. The van der Waals surface area contributed by atoms with Crippen LogP contribution in [0, 0.1) is 0 Å². The number of halogens is 3. The molecule has 0 aliphatic rings. The average molecular weight is 179 g/mol. The van der Waals surface area contributed by atoms with Crippen LogP contribution >= 0.6 is 0 Å². The van der Waals surface area contributed by atoms with Gasteiger partial charge in [0.25, 0.3) is 0 Å². The summed E-state index contributed by atoms with van der Waals surface area (Å²) in [6.07, 6.45) is -1.32. The number of furan rings is 1. The maximum atomic E-state index is 11.6. The first kappa shape index (κ1) is 9.12. The van der Waals surface area contributed by atoms with Gasteiger partial charge in [-0.1, -0.05) is 0 Å². The van der Waals surface area contributed by atoms with E-state index in [0.717, 1.165) is 0 Å². The Balaban J connectivity index is 2.20. The Morgan fingerprint density at radius 3 is 2.67 bits per heavy atom. The van der Waals surface area contributed by atoms with E-state index in [0.29, 0.717) is 5.56 Å². The van der Waals surface area contributed by atoms with Crippen LogP contribution in [0.2, 0.25) is 0 Å². The minimum atomic E-state index is -4.15. The molecule has 0 saturated heterocycles. The normalized spacial score (nSPS) is 11.9. The van der Waals surface area contributed by atoms with Crippen molar-refractivity contribution >= 4 is 0 Å². The SMILES string of the molecule is FC(F)(F)CNCc1ccoc1. The van der Waals surface area contributed by atoms with Gasteiger partial charge >= 0.3 is 6.18 Å². The summed E-state index contributed by atoms with van der Waals surface area (Å²) >= 11 is 0. The van der Waals surface area contributed by atoms with Crippen molar-refractivity contribution in [2.75, 3.05) is 6.54 Å². The largest absolute Gasteiger partial charge is 0.472 e. The highest BCUT2D eigenvalue weighted by Crippen LogP contribution is 2.12. The standard InChI is InChI=1S/C7H8F3NO/c8-7(9,10)5-11-3-6-1-2-12-4-6/h1-2,4,11H,3,5H2. The van der Waals surface area contributed by atoms with Gasteiger partial charge in [-0.25, -0.2) is 0 Å². The van der Waals surface area contributed by atoms with Gasteiger partial charge < -0.3 is 9.73 Å². The summed E-state index contributed by atoms with van der Waals surface area (Å²) < 4.78 is 39.5. The van der Waals surface area contributed by atoms with Crippen LogP contribution in [0.15, 0.2) is 23.0 Å². The van der Waals surface area contributed by atoms with E-state index < -0.39 is 12.7 Å². The summed E-state index contributed by atoms with van der Waals surface area (Å²) in [6.45, 7) is -0.797. The van der Waals surface area contributed by atoms with Crippen molar-refractivity contribution in [2.45, 2.75) is 12.7 Å². The molecule has 0 amide bonds. The number of alkyl halides is 3. The minimum Gasteiger partial charge on any atom is -0.472 e. The van der Waals surface area contributed by atoms with Crippen LogP contribution in [0.3, 0.4) is 0 Å². The predicted molar refractivity (Wildman–Crippen MR) is 36.5 cm³/mol. The summed E-state index contributed by atoms with van der Waals surface area (Å²) in [5.74, 6) is 0. The fraction of sp³-hybridized carbons (Fsp3) is 0.429. The molecule has 1 heterocycles. The number of rotatable bonds is 3. The van der Waals surface area contributed by atoms with Crippen molar-refractivity contribution in [3.05, 3.63) is 24.2 Å². The summed E-state index contributed by atoms with van der Waals surface area (Å²) in [7, 11) is 0. The highest BCUT2D eigenvalue weighted by Gasteiger charge is 2.25. The number of hydrogen-bond donors (Lipinski definition) is 1. The van der Waals surface area contributed by atoms with Crippen LogP contribution in [0.4, 0.5) is 13.2 Å². The van der Waals surface area contributed by atoms with Crippen LogP contribution in [0.1, 0.15) is 5.56 Å². The zero-order chi connectivity index (χ0) is 9.03. The first-order valence-electron chi connectivity index (χ1n) is 3.36. The average Bonchev–Trinajstić information content (AvgIpc) is 2.36. The molecule has 68 valence electrons. The van der Waals surface area contributed by atoms with Gasteiger partial charge in [-0.3, -0.25) is 0 Å².